The molecule has 2 nitrogen and oxygen atoms in total. The first-order valence-electron chi connectivity index (χ1n) is 7.17. The molecule has 0 aromatic heterocycles. The molecule has 1 aliphatic heterocycles. The Bertz CT molecular complexity index is 211. The summed E-state index contributed by atoms with van der Waals surface area (Å²) in [6.07, 6.45) is 3.92. The average molecular weight is 240 g/mol. The third-order valence-electron chi connectivity index (χ3n) is 3.93. The van der Waals surface area contributed by atoms with E-state index in [-0.39, 0.29) is 0 Å². The summed E-state index contributed by atoms with van der Waals surface area (Å²) in [4.78, 5) is 0. The van der Waals surface area contributed by atoms with E-state index >= 15 is 0 Å². The molecule has 0 aliphatic carbocycles. The van der Waals surface area contributed by atoms with Crippen LogP contribution in [-0.4, -0.2) is 24.6 Å². The first-order valence-corrected chi connectivity index (χ1v) is 7.17. The fraction of sp³-hybridized carbons (Fsp3) is 1.00. The molecular formula is C15H32N2. The molecule has 0 saturated carbocycles. The monoisotopic (exact) mass is 240 g/mol. The van der Waals surface area contributed by atoms with Gasteiger partial charge in [-0.3, -0.25) is 5.43 Å². The molecule has 1 N–H and O–H groups in total. The van der Waals surface area contributed by atoms with Gasteiger partial charge in [-0.2, -0.15) is 0 Å². The Labute approximate surface area is 108 Å². The van der Waals surface area contributed by atoms with Crippen LogP contribution in [0.3, 0.4) is 0 Å². The van der Waals surface area contributed by atoms with Gasteiger partial charge >= 0.3 is 0 Å². The van der Waals surface area contributed by atoms with Crippen molar-refractivity contribution in [2.75, 3.05) is 19.6 Å². The summed E-state index contributed by atoms with van der Waals surface area (Å²) >= 11 is 0. The van der Waals surface area contributed by atoms with Crippen LogP contribution in [-0.2, 0) is 0 Å². The van der Waals surface area contributed by atoms with Gasteiger partial charge < -0.3 is 0 Å². The minimum atomic E-state index is 0.441. The van der Waals surface area contributed by atoms with Gasteiger partial charge in [0, 0.05) is 19.6 Å². The molecule has 0 amide bonds. The van der Waals surface area contributed by atoms with Crippen LogP contribution < -0.4 is 5.43 Å². The number of rotatable bonds is 3. The molecule has 0 spiro atoms. The summed E-state index contributed by atoms with van der Waals surface area (Å²) in [6, 6.07) is 0. The van der Waals surface area contributed by atoms with E-state index in [1.165, 1.54) is 32.4 Å². The summed E-state index contributed by atoms with van der Waals surface area (Å²) in [5.41, 5.74) is 4.51. The maximum atomic E-state index is 3.58. The van der Waals surface area contributed by atoms with E-state index in [9.17, 15) is 0 Å². The summed E-state index contributed by atoms with van der Waals surface area (Å²) in [5.74, 6) is 0.892. The molecule has 1 saturated heterocycles. The van der Waals surface area contributed by atoms with Gasteiger partial charge in [0.05, 0.1) is 0 Å². The molecule has 0 atom stereocenters. The minimum Gasteiger partial charge on any atom is -0.255 e. The lowest BCUT2D eigenvalue weighted by Crippen LogP contribution is -2.46. The summed E-state index contributed by atoms with van der Waals surface area (Å²) in [7, 11) is 0. The topological polar surface area (TPSA) is 15.3 Å². The van der Waals surface area contributed by atoms with Crippen LogP contribution in [0.4, 0.5) is 0 Å². The second kappa shape index (κ2) is 5.71. The van der Waals surface area contributed by atoms with Crippen LogP contribution in [0.25, 0.3) is 0 Å². The molecule has 0 bridgehead atoms. The van der Waals surface area contributed by atoms with Crippen molar-refractivity contribution in [3.05, 3.63) is 0 Å². The van der Waals surface area contributed by atoms with Gasteiger partial charge in [-0.25, -0.2) is 5.01 Å². The second-order valence-electron chi connectivity index (χ2n) is 7.85. The Kier molecular flexibility index (Phi) is 5.03. The van der Waals surface area contributed by atoms with E-state index in [4.69, 9.17) is 0 Å². The molecule has 2 heteroatoms. The molecule has 0 radical (unpaired) electrons. The highest BCUT2D eigenvalue weighted by molar-refractivity contribution is 4.79. The van der Waals surface area contributed by atoms with Crippen LogP contribution in [0.15, 0.2) is 0 Å². The zero-order valence-electron chi connectivity index (χ0n) is 12.8. The van der Waals surface area contributed by atoms with Crippen molar-refractivity contribution in [3.8, 4) is 0 Å². The van der Waals surface area contributed by atoms with E-state index in [1.54, 1.807) is 0 Å². The third-order valence-corrected chi connectivity index (χ3v) is 3.93. The number of piperidine rings is 1. The third kappa shape index (κ3) is 5.87. The van der Waals surface area contributed by atoms with Crippen molar-refractivity contribution >= 4 is 0 Å². The smallest absolute Gasteiger partial charge is 0.0133 e. The van der Waals surface area contributed by atoms with Gasteiger partial charge in [-0.05, 0) is 36.0 Å². The number of nitrogens with zero attached hydrogens (tertiary/aromatic N) is 1. The Morgan fingerprint density at radius 3 is 1.94 bits per heavy atom. The summed E-state index contributed by atoms with van der Waals surface area (Å²) in [5, 5.41) is 2.42. The van der Waals surface area contributed by atoms with E-state index in [0.29, 0.717) is 10.8 Å². The first kappa shape index (κ1) is 15.0. The normalized spacial score (nSPS) is 20.8. The van der Waals surface area contributed by atoms with Gasteiger partial charge in [-0.15, -0.1) is 0 Å². The van der Waals surface area contributed by atoms with Crippen molar-refractivity contribution in [2.45, 2.75) is 60.8 Å². The second-order valence-corrected chi connectivity index (χ2v) is 7.85. The predicted molar refractivity (Wildman–Crippen MR) is 75.8 cm³/mol. The Morgan fingerprint density at radius 2 is 1.53 bits per heavy atom. The quantitative estimate of drug-likeness (QED) is 0.809. The van der Waals surface area contributed by atoms with Crippen molar-refractivity contribution in [1.82, 2.24) is 10.4 Å². The summed E-state index contributed by atoms with van der Waals surface area (Å²) in [6.45, 7) is 17.6. The largest absolute Gasteiger partial charge is 0.255 e. The van der Waals surface area contributed by atoms with E-state index < -0.39 is 0 Å². The zero-order valence-corrected chi connectivity index (χ0v) is 12.8. The van der Waals surface area contributed by atoms with Crippen molar-refractivity contribution < 1.29 is 0 Å². The molecule has 1 fully saturated rings. The van der Waals surface area contributed by atoms with E-state index in [1.807, 2.05) is 0 Å². The van der Waals surface area contributed by atoms with Crippen LogP contribution in [0.1, 0.15) is 60.8 Å². The number of hydrogen-bond donors (Lipinski definition) is 1. The summed E-state index contributed by atoms with van der Waals surface area (Å²) < 4.78 is 0. The van der Waals surface area contributed by atoms with Gasteiger partial charge in [0.25, 0.3) is 0 Å². The van der Waals surface area contributed by atoms with Crippen molar-refractivity contribution in [2.24, 2.45) is 16.7 Å². The first-order chi connectivity index (χ1) is 7.68. The highest BCUT2D eigenvalue weighted by Gasteiger charge is 2.28. The van der Waals surface area contributed by atoms with Crippen LogP contribution >= 0.6 is 0 Å². The highest BCUT2D eigenvalue weighted by Crippen LogP contribution is 2.33. The van der Waals surface area contributed by atoms with Crippen LogP contribution in [0.2, 0.25) is 0 Å². The molecule has 1 aliphatic rings. The van der Waals surface area contributed by atoms with Crippen molar-refractivity contribution in [3.63, 3.8) is 0 Å². The van der Waals surface area contributed by atoms with Crippen molar-refractivity contribution in [1.29, 1.82) is 0 Å². The molecule has 0 aromatic rings. The fourth-order valence-corrected chi connectivity index (χ4v) is 2.49. The molecule has 17 heavy (non-hydrogen) atoms. The average Bonchev–Trinajstić information content (AvgIpc) is 2.15. The minimum absolute atomic E-state index is 0.441. The van der Waals surface area contributed by atoms with Gasteiger partial charge in [0.15, 0.2) is 0 Å². The van der Waals surface area contributed by atoms with Gasteiger partial charge in [-0.1, -0.05) is 41.5 Å². The Morgan fingerprint density at radius 1 is 1.00 bits per heavy atom. The zero-order chi connectivity index (χ0) is 13.1. The standard InChI is InChI=1S/C15H32N2/c1-14(2,3)9-10-16-17-11-7-13(8-12-17)15(4,5)6/h13,16H,7-12H2,1-6H3. The highest BCUT2D eigenvalue weighted by atomic mass is 15.5. The number of nitrogens with one attached hydrogen (secondary N) is 1. The molecular weight excluding hydrogens is 208 g/mol. The molecule has 0 unspecified atom stereocenters. The van der Waals surface area contributed by atoms with Gasteiger partial charge in [0.2, 0.25) is 0 Å². The predicted octanol–water partition coefficient (Wildman–Crippen LogP) is 3.69. The van der Waals surface area contributed by atoms with Crippen LogP contribution in [0.5, 0.6) is 0 Å². The van der Waals surface area contributed by atoms with E-state index in [2.05, 4.69) is 52.0 Å². The Balaban J connectivity index is 2.20. The lowest BCUT2D eigenvalue weighted by atomic mass is 9.75. The van der Waals surface area contributed by atoms with Gasteiger partial charge in [0.1, 0.15) is 0 Å². The lowest BCUT2D eigenvalue weighted by Gasteiger charge is -2.39. The van der Waals surface area contributed by atoms with Crippen LogP contribution in [0, 0.1) is 16.7 Å². The fourth-order valence-electron chi connectivity index (χ4n) is 2.49. The number of hydrazine groups is 1. The molecule has 1 rings (SSSR count). The maximum Gasteiger partial charge on any atom is 0.0133 e. The lowest BCUT2D eigenvalue weighted by molar-refractivity contribution is 0.0740. The van der Waals surface area contributed by atoms with E-state index in [0.717, 1.165) is 12.5 Å². The maximum absolute atomic E-state index is 3.58. The Hall–Kier alpha value is -0.0800. The molecule has 102 valence electrons. The molecule has 0 aromatic carbocycles. The molecule has 1 heterocycles. The number of hydrogen-bond acceptors (Lipinski definition) is 2. The SMILES string of the molecule is CC(C)(C)CCNN1CCC(C(C)(C)C)CC1.